The molecule has 0 saturated carbocycles. The smallest absolute Gasteiger partial charge is 0.137 e. The van der Waals surface area contributed by atoms with E-state index in [1.807, 2.05) is 6.20 Å². The van der Waals surface area contributed by atoms with Crippen LogP contribution in [0.4, 0.5) is 0 Å². The monoisotopic (exact) mass is 140 g/mol. The molecule has 9 heavy (non-hydrogen) atoms. The van der Waals surface area contributed by atoms with Crippen LogP contribution in [-0.2, 0) is 0 Å². The molecule has 0 bridgehead atoms. The molecule has 0 radical (unpaired) electrons. The van der Waals surface area contributed by atoms with Gasteiger partial charge in [0.1, 0.15) is 12.0 Å². The number of hydrogen-bond acceptors (Lipinski definition) is 5. The summed E-state index contributed by atoms with van der Waals surface area (Å²) < 4.78 is 4.70. The second-order valence-electron chi connectivity index (χ2n) is 1.56. The number of rotatable bonds is 0. The molecule has 0 fully saturated rings. The van der Waals surface area contributed by atoms with Crippen molar-refractivity contribution in [3.8, 4) is 0 Å². The van der Waals surface area contributed by atoms with E-state index in [0.29, 0.717) is 0 Å². The molecule has 0 aromatic heterocycles. The molecular formula is C4H4N4S. The molecule has 2 aliphatic rings. The van der Waals surface area contributed by atoms with Gasteiger partial charge in [0.2, 0.25) is 0 Å². The predicted octanol–water partition coefficient (Wildman–Crippen LogP) is 0.324. The summed E-state index contributed by atoms with van der Waals surface area (Å²) in [6.45, 7) is 0. The Labute approximate surface area is 56.6 Å². The van der Waals surface area contributed by atoms with Crippen LogP contribution in [0, 0.1) is 0 Å². The minimum absolute atomic E-state index is 0.988. The Morgan fingerprint density at radius 2 is 2.67 bits per heavy atom. The molecular weight excluding hydrogens is 136 g/mol. The lowest BCUT2D eigenvalue weighted by molar-refractivity contribution is 0.661. The van der Waals surface area contributed by atoms with Gasteiger partial charge in [0.05, 0.1) is 18.3 Å². The van der Waals surface area contributed by atoms with Crippen molar-refractivity contribution in [3.63, 3.8) is 0 Å². The van der Waals surface area contributed by atoms with E-state index in [9.17, 15) is 0 Å². The van der Waals surface area contributed by atoms with E-state index >= 15 is 0 Å². The van der Waals surface area contributed by atoms with E-state index in [4.69, 9.17) is 0 Å². The summed E-state index contributed by atoms with van der Waals surface area (Å²) in [4.78, 5) is 3.84. The third kappa shape index (κ3) is 0.692. The summed E-state index contributed by atoms with van der Waals surface area (Å²) in [5.41, 5.74) is 0.988. The van der Waals surface area contributed by atoms with Crippen LogP contribution in [0.25, 0.3) is 0 Å². The first kappa shape index (κ1) is 4.87. The highest BCUT2D eigenvalue weighted by atomic mass is 32.2. The predicted molar refractivity (Wildman–Crippen MR) is 37.6 cm³/mol. The Hall–Kier alpha value is -0.970. The van der Waals surface area contributed by atoms with Crippen molar-refractivity contribution in [1.29, 1.82) is 0 Å². The lowest BCUT2D eigenvalue weighted by atomic mass is 10.5. The van der Waals surface area contributed by atoms with Gasteiger partial charge in [-0.2, -0.15) is 4.41 Å². The molecule has 0 aromatic rings. The molecule has 0 unspecified atom stereocenters. The van der Waals surface area contributed by atoms with Crippen LogP contribution in [0.1, 0.15) is 0 Å². The summed E-state index contributed by atoms with van der Waals surface area (Å²) >= 11 is 1.43. The Morgan fingerprint density at radius 1 is 1.67 bits per heavy atom. The summed E-state index contributed by atoms with van der Waals surface area (Å²) in [6, 6.07) is 0. The number of hydrogen-bond donors (Lipinski definition) is 1. The SMILES string of the molecule is C1=NC=NN2SNC=C12. The van der Waals surface area contributed by atoms with E-state index in [1.165, 1.54) is 18.5 Å². The second kappa shape index (κ2) is 1.77. The van der Waals surface area contributed by atoms with Crippen LogP contribution in [0.2, 0.25) is 0 Å². The molecule has 0 aromatic carbocycles. The lowest BCUT2D eigenvalue weighted by Crippen LogP contribution is -2.08. The van der Waals surface area contributed by atoms with E-state index in [2.05, 4.69) is 14.8 Å². The zero-order valence-corrected chi connectivity index (χ0v) is 5.30. The topological polar surface area (TPSA) is 40.0 Å². The number of allylic oxidation sites excluding steroid dienone is 1. The van der Waals surface area contributed by atoms with Crippen molar-refractivity contribution in [1.82, 2.24) is 9.14 Å². The van der Waals surface area contributed by atoms with Crippen molar-refractivity contribution in [3.05, 3.63) is 11.9 Å². The van der Waals surface area contributed by atoms with E-state index in [0.717, 1.165) is 5.70 Å². The van der Waals surface area contributed by atoms with Crippen molar-refractivity contribution in [2.24, 2.45) is 10.1 Å². The van der Waals surface area contributed by atoms with Crippen LogP contribution in [0.15, 0.2) is 22.0 Å². The minimum atomic E-state index is 0.988. The maximum Gasteiger partial charge on any atom is 0.137 e. The number of nitrogens with one attached hydrogen (secondary N) is 1. The Balaban J connectivity index is 2.33. The molecule has 5 heteroatoms. The fourth-order valence-electron chi connectivity index (χ4n) is 0.608. The van der Waals surface area contributed by atoms with Crippen molar-refractivity contribution >= 4 is 24.7 Å². The standard InChI is InChI=1S/C4H4N4S/c1-4-2-7-9-8(4)6-3-5-1/h1-3,7H. The third-order valence-electron chi connectivity index (χ3n) is 0.997. The Bertz CT molecular complexity index is 204. The highest BCUT2D eigenvalue weighted by Gasteiger charge is 2.14. The molecule has 0 atom stereocenters. The fraction of sp³-hybridized carbons (Fsp3) is 0. The zero-order valence-electron chi connectivity index (χ0n) is 4.48. The van der Waals surface area contributed by atoms with Crippen LogP contribution in [-0.4, -0.2) is 17.0 Å². The molecule has 0 saturated heterocycles. The summed E-state index contributed by atoms with van der Waals surface area (Å²) in [7, 11) is 0. The van der Waals surface area contributed by atoms with Gasteiger partial charge in [-0.1, -0.05) is 0 Å². The Kier molecular flexibility index (Phi) is 0.955. The highest BCUT2D eigenvalue weighted by molar-refractivity contribution is 7.95. The minimum Gasteiger partial charge on any atom is -0.315 e. The zero-order chi connectivity index (χ0) is 6.10. The average Bonchev–Trinajstić information content (AvgIpc) is 2.33. The molecule has 0 amide bonds. The largest absolute Gasteiger partial charge is 0.315 e. The molecule has 46 valence electrons. The van der Waals surface area contributed by atoms with Crippen LogP contribution in [0.3, 0.4) is 0 Å². The van der Waals surface area contributed by atoms with Gasteiger partial charge in [-0.3, -0.25) is 0 Å². The van der Waals surface area contributed by atoms with Crippen LogP contribution in [0.5, 0.6) is 0 Å². The Morgan fingerprint density at radius 3 is 3.56 bits per heavy atom. The quantitative estimate of drug-likeness (QED) is 0.493. The van der Waals surface area contributed by atoms with E-state index < -0.39 is 0 Å². The first-order valence-electron chi connectivity index (χ1n) is 2.45. The number of nitrogens with zero attached hydrogens (tertiary/aromatic N) is 3. The molecule has 0 spiro atoms. The van der Waals surface area contributed by atoms with Crippen molar-refractivity contribution in [2.45, 2.75) is 0 Å². The number of aliphatic imine (C=N–C) groups is 1. The van der Waals surface area contributed by atoms with Crippen molar-refractivity contribution in [2.75, 3.05) is 0 Å². The maximum atomic E-state index is 3.93. The van der Waals surface area contributed by atoms with E-state index in [1.54, 1.807) is 10.6 Å². The first-order chi connectivity index (χ1) is 4.47. The lowest BCUT2D eigenvalue weighted by Gasteiger charge is -2.09. The third-order valence-corrected chi connectivity index (χ3v) is 1.70. The van der Waals surface area contributed by atoms with Gasteiger partial charge in [0, 0.05) is 6.20 Å². The fourth-order valence-corrected chi connectivity index (χ4v) is 1.18. The van der Waals surface area contributed by atoms with Gasteiger partial charge in [0.25, 0.3) is 0 Å². The molecule has 1 N–H and O–H groups in total. The summed E-state index contributed by atoms with van der Waals surface area (Å²) in [5.74, 6) is 0. The first-order valence-corrected chi connectivity index (χ1v) is 3.22. The second-order valence-corrected chi connectivity index (χ2v) is 2.32. The van der Waals surface area contributed by atoms with Gasteiger partial charge < -0.3 is 4.72 Å². The number of fused-ring (bicyclic) bond motifs is 1. The maximum absolute atomic E-state index is 3.93. The number of hydrazone groups is 1. The van der Waals surface area contributed by atoms with Crippen LogP contribution < -0.4 is 4.72 Å². The van der Waals surface area contributed by atoms with Crippen molar-refractivity contribution < 1.29 is 0 Å². The molecule has 2 rings (SSSR count). The molecule has 0 aliphatic carbocycles. The normalized spacial score (nSPS) is 21.3. The van der Waals surface area contributed by atoms with Gasteiger partial charge in [0.15, 0.2) is 0 Å². The molecule has 4 nitrogen and oxygen atoms in total. The molecule has 2 aliphatic heterocycles. The highest BCUT2D eigenvalue weighted by Crippen LogP contribution is 2.20. The van der Waals surface area contributed by atoms with Crippen LogP contribution >= 0.6 is 12.1 Å². The van der Waals surface area contributed by atoms with E-state index in [-0.39, 0.29) is 0 Å². The average molecular weight is 140 g/mol. The van der Waals surface area contributed by atoms with Gasteiger partial charge >= 0.3 is 0 Å². The van der Waals surface area contributed by atoms with Gasteiger partial charge in [-0.25, -0.2) is 4.99 Å². The van der Waals surface area contributed by atoms with Gasteiger partial charge in [-0.05, 0) is 0 Å². The van der Waals surface area contributed by atoms with Gasteiger partial charge in [-0.15, -0.1) is 5.10 Å². The summed E-state index contributed by atoms with van der Waals surface area (Å²) in [6.07, 6.45) is 5.11. The summed E-state index contributed by atoms with van der Waals surface area (Å²) in [5, 5.41) is 3.93. The molecule has 2 heterocycles.